The van der Waals surface area contributed by atoms with Crippen LogP contribution in [0.15, 0.2) is 0 Å². The maximum Gasteiger partial charge on any atom is 0.308 e. The SMILES string of the molecule is COCC(C)CC(=O)N1C2CCC1C(C(=O)O)C2. The Morgan fingerprint density at radius 1 is 1.44 bits per heavy atom. The molecule has 2 aliphatic rings. The number of ether oxygens (including phenoxy) is 1. The third-order valence-corrected chi connectivity index (χ3v) is 4.12. The van der Waals surface area contributed by atoms with Gasteiger partial charge in [0.2, 0.25) is 5.91 Å². The van der Waals surface area contributed by atoms with Crippen molar-refractivity contribution in [1.29, 1.82) is 0 Å². The van der Waals surface area contributed by atoms with Gasteiger partial charge in [-0.25, -0.2) is 0 Å². The second-order valence-corrected chi connectivity index (χ2v) is 5.54. The molecular weight excluding hydrogens is 234 g/mol. The lowest BCUT2D eigenvalue weighted by Crippen LogP contribution is -2.38. The molecule has 0 saturated carbocycles. The number of aliphatic carboxylic acids is 1. The number of carbonyl (C=O) groups excluding carboxylic acids is 1. The molecule has 0 aromatic rings. The molecule has 102 valence electrons. The van der Waals surface area contributed by atoms with Gasteiger partial charge in [0, 0.05) is 32.2 Å². The summed E-state index contributed by atoms with van der Waals surface area (Å²) in [6, 6.07) is 0.0769. The Hall–Kier alpha value is -1.10. The minimum Gasteiger partial charge on any atom is -0.481 e. The summed E-state index contributed by atoms with van der Waals surface area (Å²) >= 11 is 0. The smallest absolute Gasteiger partial charge is 0.308 e. The van der Waals surface area contributed by atoms with Crippen molar-refractivity contribution in [2.24, 2.45) is 11.8 Å². The highest BCUT2D eigenvalue weighted by Gasteiger charge is 2.51. The van der Waals surface area contributed by atoms with E-state index in [2.05, 4.69) is 0 Å². The number of nitrogens with zero attached hydrogens (tertiary/aromatic N) is 1. The maximum atomic E-state index is 12.2. The molecule has 2 bridgehead atoms. The summed E-state index contributed by atoms with van der Waals surface area (Å²) in [5.41, 5.74) is 0. The first-order valence-electron chi connectivity index (χ1n) is 6.57. The number of carboxylic acid groups (broad SMARTS) is 1. The lowest BCUT2D eigenvalue weighted by Gasteiger charge is -2.24. The lowest BCUT2D eigenvalue weighted by atomic mass is 9.89. The molecule has 0 aliphatic carbocycles. The van der Waals surface area contributed by atoms with Gasteiger partial charge < -0.3 is 14.7 Å². The Morgan fingerprint density at radius 2 is 2.17 bits per heavy atom. The van der Waals surface area contributed by atoms with Gasteiger partial charge in [-0.2, -0.15) is 0 Å². The molecule has 2 heterocycles. The highest BCUT2D eigenvalue weighted by Crippen LogP contribution is 2.42. The van der Waals surface area contributed by atoms with Gasteiger partial charge in [0.05, 0.1) is 5.92 Å². The molecule has 1 amide bonds. The fourth-order valence-corrected chi connectivity index (χ4v) is 3.39. The molecule has 2 saturated heterocycles. The molecule has 4 atom stereocenters. The van der Waals surface area contributed by atoms with Crippen molar-refractivity contribution in [3.05, 3.63) is 0 Å². The summed E-state index contributed by atoms with van der Waals surface area (Å²) in [7, 11) is 1.63. The van der Waals surface area contributed by atoms with E-state index in [4.69, 9.17) is 9.84 Å². The molecule has 4 unspecified atom stereocenters. The summed E-state index contributed by atoms with van der Waals surface area (Å²) < 4.78 is 5.03. The van der Waals surface area contributed by atoms with Crippen LogP contribution in [0.1, 0.15) is 32.6 Å². The molecule has 0 spiro atoms. The number of methoxy groups -OCH3 is 1. The molecule has 2 fully saturated rings. The quantitative estimate of drug-likeness (QED) is 0.799. The van der Waals surface area contributed by atoms with Crippen LogP contribution in [-0.4, -0.2) is 47.7 Å². The minimum absolute atomic E-state index is 0.0743. The van der Waals surface area contributed by atoms with Crippen LogP contribution in [0.4, 0.5) is 0 Å². The van der Waals surface area contributed by atoms with Crippen LogP contribution in [-0.2, 0) is 14.3 Å². The van der Waals surface area contributed by atoms with E-state index in [9.17, 15) is 9.59 Å². The van der Waals surface area contributed by atoms with Crippen LogP contribution in [0.3, 0.4) is 0 Å². The molecule has 0 aromatic carbocycles. The second kappa shape index (κ2) is 5.26. The zero-order chi connectivity index (χ0) is 13.3. The van der Waals surface area contributed by atoms with Gasteiger partial charge in [0.25, 0.3) is 0 Å². The number of rotatable bonds is 5. The average molecular weight is 255 g/mol. The number of carboxylic acids is 1. The Labute approximate surface area is 107 Å². The van der Waals surface area contributed by atoms with E-state index >= 15 is 0 Å². The average Bonchev–Trinajstić information content (AvgIpc) is 2.85. The molecule has 5 nitrogen and oxygen atoms in total. The molecular formula is C13H21NO4. The van der Waals surface area contributed by atoms with Gasteiger partial charge in [0.15, 0.2) is 0 Å². The molecule has 2 aliphatic heterocycles. The number of amides is 1. The molecule has 5 heteroatoms. The standard InChI is InChI=1S/C13H21NO4/c1-8(7-18-2)5-12(15)14-9-3-4-11(14)10(6-9)13(16)17/h8-11H,3-7H2,1-2H3,(H,16,17). The van der Waals surface area contributed by atoms with E-state index in [0.29, 0.717) is 19.4 Å². The zero-order valence-electron chi connectivity index (χ0n) is 11.0. The van der Waals surface area contributed by atoms with Crippen molar-refractivity contribution in [3.63, 3.8) is 0 Å². The van der Waals surface area contributed by atoms with Gasteiger partial charge in [-0.15, -0.1) is 0 Å². The van der Waals surface area contributed by atoms with Crippen LogP contribution < -0.4 is 0 Å². The van der Waals surface area contributed by atoms with E-state index in [-0.39, 0.29) is 29.8 Å². The lowest BCUT2D eigenvalue weighted by molar-refractivity contribution is -0.143. The van der Waals surface area contributed by atoms with Crippen molar-refractivity contribution < 1.29 is 19.4 Å². The van der Waals surface area contributed by atoms with Crippen LogP contribution >= 0.6 is 0 Å². The fraction of sp³-hybridized carbons (Fsp3) is 0.846. The number of fused-ring (bicyclic) bond motifs is 2. The minimum atomic E-state index is -0.759. The van der Waals surface area contributed by atoms with Crippen LogP contribution in [0.25, 0.3) is 0 Å². The van der Waals surface area contributed by atoms with Gasteiger partial charge in [0.1, 0.15) is 0 Å². The second-order valence-electron chi connectivity index (χ2n) is 5.54. The van der Waals surface area contributed by atoms with Crippen molar-refractivity contribution in [2.45, 2.75) is 44.7 Å². The highest BCUT2D eigenvalue weighted by molar-refractivity contribution is 5.80. The molecule has 0 radical (unpaired) electrons. The van der Waals surface area contributed by atoms with Gasteiger partial charge in [-0.1, -0.05) is 6.92 Å². The number of hydrogen-bond donors (Lipinski definition) is 1. The van der Waals surface area contributed by atoms with Crippen LogP contribution in [0.5, 0.6) is 0 Å². The van der Waals surface area contributed by atoms with Crippen molar-refractivity contribution in [3.8, 4) is 0 Å². The van der Waals surface area contributed by atoms with Crippen molar-refractivity contribution in [1.82, 2.24) is 4.90 Å². The Bertz CT molecular complexity index is 344. The molecule has 1 N–H and O–H groups in total. The van der Waals surface area contributed by atoms with E-state index in [0.717, 1.165) is 12.8 Å². The van der Waals surface area contributed by atoms with E-state index < -0.39 is 5.97 Å². The highest BCUT2D eigenvalue weighted by atomic mass is 16.5. The predicted octanol–water partition coefficient (Wildman–Crippen LogP) is 1.12. The van der Waals surface area contributed by atoms with Crippen molar-refractivity contribution in [2.75, 3.05) is 13.7 Å². The largest absolute Gasteiger partial charge is 0.481 e. The molecule has 2 rings (SSSR count). The number of hydrogen-bond acceptors (Lipinski definition) is 3. The van der Waals surface area contributed by atoms with Gasteiger partial charge >= 0.3 is 5.97 Å². The Balaban J connectivity index is 1.97. The topological polar surface area (TPSA) is 66.8 Å². The molecule has 0 aromatic heterocycles. The fourth-order valence-electron chi connectivity index (χ4n) is 3.39. The molecule has 18 heavy (non-hydrogen) atoms. The van der Waals surface area contributed by atoms with Gasteiger partial charge in [-0.05, 0) is 25.2 Å². The summed E-state index contributed by atoms with van der Waals surface area (Å²) in [5, 5.41) is 9.14. The monoisotopic (exact) mass is 255 g/mol. The maximum absolute atomic E-state index is 12.2. The summed E-state index contributed by atoms with van der Waals surface area (Å²) in [5.74, 6) is -0.836. The Morgan fingerprint density at radius 3 is 2.72 bits per heavy atom. The first kappa shape index (κ1) is 13.3. The van der Waals surface area contributed by atoms with E-state index in [1.54, 1.807) is 7.11 Å². The number of carbonyl (C=O) groups is 2. The van der Waals surface area contributed by atoms with Crippen LogP contribution in [0, 0.1) is 11.8 Å². The van der Waals surface area contributed by atoms with Crippen molar-refractivity contribution >= 4 is 11.9 Å². The van der Waals surface area contributed by atoms with Gasteiger partial charge in [-0.3, -0.25) is 9.59 Å². The van der Waals surface area contributed by atoms with Crippen LogP contribution in [0.2, 0.25) is 0 Å². The third kappa shape index (κ3) is 2.36. The normalized spacial score (nSPS) is 31.7. The zero-order valence-corrected chi connectivity index (χ0v) is 11.0. The predicted molar refractivity (Wildman–Crippen MR) is 65.1 cm³/mol. The first-order valence-corrected chi connectivity index (χ1v) is 6.57. The summed E-state index contributed by atoms with van der Waals surface area (Å²) in [6.07, 6.45) is 2.88. The Kier molecular flexibility index (Phi) is 3.90. The first-order chi connectivity index (χ1) is 8.54. The van der Waals surface area contributed by atoms with E-state index in [1.807, 2.05) is 11.8 Å². The van der Waals surface area contributed by atoms with E-state index in [1.165, 1.54) is 0 Å². The summed E-state index contributed by atoms with van der Waals surface area (Å²) in [4.78, 5) is 25.2. The third-order valence-electron chi connectivity index (χ3n) is 4.12. The summed E-state index contributed by atoms with van der Waals surface area (Å²) in [6.45, 7) is 2.55.